The molecule has 4 N–H and O–H groups in total. The zero-order valence-electron chi connectivity index (χ0n) is 12.5. The number of hydrogen-bond acceptors (Lipinski definition) is 6. The Balaban J connectivity index is 2.83. The molecule has 0 fully saturated rings. The Morgan fingerprint density at radius 1 is 1.43 bits per heavy atom. The smallest absolute Gasteiger partial charge is 0.357 e. The minimum Gasteiger partial charge on any atom is -0.478 e. The van der Waals surface area contributed by atoms with Crippen molar-refractivity contribution < 1.29 is 19.4 Å². The number of carbonyl (C=O) groups excluding carboxylic acids is 1. The van der Waals surface area contributed by atoms with Gasteiger partial charge in [0.05, 0.1) is 35.3 Å². The lowest BCUT2D eigenvalue weighted by molar-refractivity contribution is 0.0592. The molecule has 1 aromatic carbocycles. The van der Waals surface area contributed by atoms with Crippen molar-refractivity contribution in [3.8, 4) is 11.8 Å². The van der Waals surface area contributed by atoms with Crippen LogP contribution in [0.3, 0.4) is 0 Å². The number of methoxy groups -OCH3 is 1. The number of rotatable bonds is 4. The molecule has 1 heterocycles. The van der Waals surface area contributed by atoms with Crippen LogP contribution < -0.4 is 11.1 Å². The van der Waals surface area contributed by atoms with E-state index in [4.69, 9.17) is 15.7 Å². The van der Waals surface area contributed by atoms with Crippen LogP contribution in [0.25, 0.3) is 5.69 Å². The summed E-state index contributed by atoms with van der Waals surface area (Å²) in [6.45, 7) is 0. The van der Waals surface area contributed by atoms with Gasteiger partial charge in [0.15, 0.2) is 5.69 Å². The van der Waals surface area contributed by atoms with Crippen molar-refractivity contribution in [1.29, 1.82) is 5.26 Å². The molecule has 1 aromatic heterocycles. The SMILES string of the molecule is CNc1c(C(=O)O)cccc1-n1cc(C#N)c(N)c1C(=O)OC. The molecule has 2 aromatic rings. The number of benzene rings is 1. The molecule has 0 saturated carbocycles. The van der Waals surface area contributed by atoms with Crippen molar-refractivity contribution in [2.75, 3.05) is 25.2 Å². The summed E-state index contributed by atoms with van der Waals surface area (Å²) in [4.78, 5) is 23.4. The maximum atomic E-state index is 12.0. The van der Waals surface area contributed by atoms with Crippen LogP contribution in [0.5, 0.6) is 0 Å². The summed E-state index contributed by atoms with van der Waals surface area (Å²) in [5, 5.41) is 21.2. The van der Waals surface area contributed by atoms with Crippen molar-refractivity contribution in [1.82, 2.24) is 4.57 Å². The summed E-state index contributed by atoms with van der Waals surface area (Å²) in [5.41, 5.74) is 6.53. The second-order valence-corrected chi connectivity index (χ2v) is 4.53. The van der Waals surface area contributed by atoms with E-state index in [2.05, 4.69) is 5.32 Å². The van der Waals surface area contributed by atoms with E-state index in [-0.39, 0.29) is 28.2 Å². The number of carbonyl (C=O) groups is 2. The third-order valence-electron chi connectivity index (χ3n) is 3.33. The van der Waals surface area contributed by atoms with Crippen LogP contribution in [0.15, 0.2) is 24.4 Å². The average Bonchev–Trinajstić information content (AvgIpc) is 2.89. The van der Waals surface area contributed by atoms with Crippen molar-refractivity contribution in [3.05, 3.63) is 41.2 Å². The van der Waals surface area contributed by atoms with Crippen LogP contribution >= 0.6 is 0 Å². The highest BCUT2D eigenvalue weighted by Gasteiger charge is 2.24. The van der Waals surface area contributed by atoms with Crippen LogP contribution in [-0.4, -0.2) is 35.8 Å². The van der Waals surface area contributed by atoms with Gasteiger partial charge in [0.2, 0.25) is 0 Å². The van der Waals surface area contributed by atoms with Crippen molar-refractivity contribution in [3.63, 3.8) is 0 Å². The molecule has 0 amide bonds. The lowest BCUT2D eigenvalue weighted by Crippen LogP contribution is -2.13. The molecule has 0 aliphatic rings. The van der Waals surface area contributed by atoms with Gasteiger partial charge in [0.1, 0.15) is 6.07 Å². The van der Waals surface area contributed by atoms with E-state index in [0.29, 0.717) is 5.69 Å². The minimum absolute atomic E-state index is 0.0200. The molecular formula is C15H14N4O4. The van der Waals surface area contributed by atoms with E-state index < -0.39 is 11.9 Å². The Hall–Kier alpha value is -3.47. The Kier molecular flexibility index (Phi) is 4.23. The fourth-order valence-electron chi connectivity index (χ4n) is 2.29. The number of nitrogens with two attached hydrogens (primary N) is 1. The molecule has 118 valence electrons. The molecule has 0 atom stereocenters. The molecule has 0 unspecified atom stereocenters. The topological polar surface area (TPSA) is 130 Å². The van der Waals surface area contributed by atoms with Gasteiger partial charge >= 0.3 is 11.9 Å². The molecule has 2 rings (SSSR count). The number of para-hydroxylation sites is 1. The molecule has 0 aliphatic carbocycles. The number of nitriles is 1. The summed E-state index contributed by atoms with van der Waals surface area (Å²) in [7, 11) is 2.75. The predicted octanol–water partition coefficient (Wildman–Crippen LogP) is 1.46. The summed E-state index contributed by atoms with van der Waals surface area (Å²) < 4.78 is 6.05. The van der Waals surface area contributed by atoms with Gasteiger partial charge in [-0.15, -0.1) is 0 Å². The number of nitrogens with zero attached hydrogens (tertiary/aromatic N) is 2. The minimum atomic E-state index is -1.13. The van der Waals surface area contributed by atoms with E-state index in [1.807, 2.05) is 6.07 Å². The van der Waals surface area contributed by atoms with Crippen LogP contribution in [-0.2, 0) is 4.74 Å². The quantitative estimate of drug-likeness (QED) is 0.728. The molecule has 0 radical (unpaired) electrons. The second kappa shape index (κ2) is 6.11. The predicted molar refractivity (Wildman–Crippen MR) is 82.7 cm³/mol. The van der Waals surface area contributed by atoms with Gasteiger partial charge in [-0.05, 0) is 12.1 Å². The van der Waals surface area contributed by atoms with Crippen molar-refractivity contribution >= 4 is 23.3 Å². The van der Waals surface area contributed by atoms with E-state index in [0.717, 1.165) is 0 Å². The van der Waals surface area contributed by atoms with Crippen LogP contribution in [0.1, 0.15) is 26.4 Å². The molecular weight excluding hydrogens is 300 g/mol. The number of aromatic carboxylic acids is 1. The maximum Gasteiger partial charge on any atom is 0.357 e. The van der Waals surface area contributed by atoms with Gasteiger partial charge in [-0.1, -0.05) is 6.07 Å². The van der Waals surface area contributed by atoms with Gasteiger partial charge in [-0.3, -0.25) is 0 Å². The standard InChI is InChI=1S/C15H14N4O4/c1-18-12-9(14(20)21)4-3-5-10(12)19-7-8(6-16)11(17)13(19)15(22)23-2/h3-5,7,18H,17H2,1-2H3,(H,20,21). The van der Waals surface area contributed by atoms with E-state index in [1.54, 1.807) is 13.1 Å². The number of carboxylic acids is 1. The van der Waals surface area contributed by atoms with E-state index >= 15 is 0 Å². The molecule has 0 bridgehead atoms. The van der Waals surface area contributed by atoms with Gasteiger partial charge in [-0.25, -0.2) is 9.59 Å². The summed E-state index contributed by atoms with van der Waals surface area (Å²) in [6, 6.07) is 6.45. The van der Waals surface area contributed by atoms with Gasteiger partial charge in [0, 0.05) is 13.2 Å². The largest absolute Gasteiger partial charge is 0.478 e. The number of anilines is 2. The second-order valence-electron chi connectivity index (χ2n) is 4.53. The van der Waals surface area contributed by atoms with Gasteiger partial charge < -0.3 is 25.5 Å². The lowest BCUT2D eigenvalue weighted by Gasteiger charge is -2.15. The number of esters is 1. The van der Waals surface area contributed by atoms with E-state index in [1.165, 1.54) is 30.0 Å². The summed E-state index contributed by atoms with van der Waals surface area (Å²) in [5.74, 6) is -1.86. The van der Waals surface area contributed by atoms with Crippen LogP contribution in [0.2, 0.25) is 0 Å². The van der Waals surface area contributed by atoms with Gasteiger partial charge in [-0.2, -0.15) is 5.26 Å². The Morgan fingerprint density at radius 3 is 2.65 bits per heavy atom. The number of nitrogens with one attached hydrogen (secondary N) is 1. The Labute approximate surface area is 131 Å². The normalized spacial score (nSPS) is 9.96. The molecule has 0 spiro atoms. The number of hydrogen-bond donors (Lipinski definition) is 3. The van der Waals surface area contributed by atoms with E-state index in [9.17, 15) is 14.7 Å². The van der Waals surface area contributed by atoms with Crippen molar-refractivity contribution in [2.24, 2.45) is 0 Å². The molecule has 8 heteroatoms. The number of nitrogen functional groups attached to an aromatic ring is 1. The highest BCUT2D eigenvalue weighted by atomic mass is 16.5. The fraction of sp³-hybridized carbons (Fsp3) is 0.133. The third kappa shape index (κ3) is 2.55. The number of aromatic nitrogens is 1. The van der Waals surface area contributed by atoms with Crippen LogP contribution in [0, 0.1) is 11.3 Å². The van der Waals surface area contributed by atoms with Crippen molar-refractivity contribution in [2.45, 2.75) is 0 Å². The van der Waals surface area contributed by atoms with Crippen LogP contribution in [0.4, 0.5) is 11.4 Å². The van der Waals surface area contributed by atoms with Gasteiger partial charge in [0.25, 0.3) is 0 Å². The molecule has 8 nitrogen and oxygen atoms in total. The Morgan fingerprint density at radius 2 is 2.13 bits per heavy atom. The highest BCUT2D eigenvalue weighted by Crippen LogP contribution is 2.30. The fourth-order valence-corrected chi connectivity index (χ4v) is 2.29. The number of ether oxygens (including phenoxy) is 1. The molecule has 23 heavy (non-hydrogen) atoms. The lowest BCUT2D eigenvalue weighted by atomic mass is 10.1. The zero-order valence-corrected chi connectivity index (χ0v) is 12.5. The first-order valence-electron chi connectivity index (χ1n) is 6.49. The Bertz CT molecular complexity index is 833. The molecule has 0 saturated heterocycles. The zero-order chi connectivity index (χ0) is 17.1. The highest BCUT2D eigenvalue weighted by molar-refractivity contribution is 5.99. The average molecular weight is 314 g/mol. The first-order valence-corrected chi connectivity index (χ1v) is 6.49. The number of carboxylic acid groups (broad SMARTS) is 1. The monoisotopic (exact) mass is 314 g/mol. The maximum absolute atomic E-state index is 12.0. The first-order chi connectivity index (χ1) is 11.0. The summed E-state index contributed by atoms with van der Waals surface area (Å²) >= 11 is 0. The molecule has 0 aliphatic heterocycles. The first kappa shape index (κ1) is 15.9. The third-order valence-corrected chi connectivity index (χ3v) is 3.33. The summed E-state index contributed by atoms with van der Waals surface area (Å²) in [6.07, 6.45) is 1.36.